The van der Waals surface area contributed by atoms with E-state index >= 15 is 0 Å². The van der Waals surface area contributed by atoms with E-state index in [9.17, 15) is 26.7 Å². The van der Waals surface area contributed by atoms with E-state index in [1.54, 1.807) is 0 Å². The van der Waals surface area contributed by atoms with Gasteiger partial charge in [0.1, 0.15) is 0 Å². The summed E-state index contributed by atoms with van der Waals surface area (Å²) >= 11 is 0. The first-order valence-corrected chi connectivity index (χ1v) is 3.81. The van der Waals surface area contributed by atoms with Crippen LogP contribution >= 0.6 is 0 Å². The maximum absolute atomic E-state index is 12.2. The van der Waals surface area contributed by atoms with Crippen LogP contribution in [0, 0.1) is 0 Å². The summed E-state index contributed by atoms with van der Waals surface area (Å²) < 4.78 is 63.3. The van der Waals surface area contributed by atoms with Crippen molar-refractivity contribution in [1.29, 1.82) is 0 Å². The van der Waals surface area contributed by atoms with E-state index in [1.165, 1.54) is 6.92 Å². The Kier molecular flexibility index (Phi) is 4.28. The number of alkyl halides is 5. The third-order valence-corrected chi connectivity index (χ3v) is 1.36. The summed E-state index contributed by atoms with van der Waals surface area (Å²) in [5.41, 5.74) is 0. The number of hydrogen-bond acceptors (Lipinski definition) is 2. The zero-order valence-corrected chi connectivity index (χ0v) is 7.33. The quantitative estimate of drug-likeness (QED) is 0.537. The second-order valence-electron chi connectivity index (χ2n) is 2.51. The molecule has 0 aromatic rings. The van der Waals surface area contributed by atoms with Crippen molar-refractivity contribution in [3.05, 3.63) is 0 Å². The lowest BCUT2D eigenvalue weighted by Gasteiger charge is -2.18. The molecule has 0 amide bonds. The lowest BCUT2D eigenvalue weighted by molar-refractivity contribution is -0.284. The van der Waals surface area contributed by atoms with Crippen LogP contribution in [0.25, 0.3) is 0 Å². The molecule has 0 radical (unpaired) electrons. The molecule has 0 rings (SSSR count). The Morgan fingerprint density at radius 2 is 1.71 bits per heavy atom. The Labute approximate surface area is 77.0 Å². The van der Waals surface area contributed by atoms with Gasteiger partial charge in [0, 0.05) is 6.42 Å². The van der Waals surface area contributed by atoms with Gasteiger partial charge in [0.25, 0.3) is 0 Å². The summed E-state index contributed by atoms with van der Waals surface area (Å²) in [6, 6.07) is 0. The Morgan fingerprint density at radius 3 is 2.07 bits per heavy atom. The second kappa shape index (κ2) is 4.56. The highest BCUT2D eigenvalue weighted by Crippen LogP contribution is 2.38. The van der Waals surface area contributed by atoms with Gasteiger partial charge < -0.3 is 4.74 Å². The van der Waals surface area contributed by atoms with Gasteiger partial charge in [-0.15, -0.1) is 0 Å². The standard InChI is InChI=1S/C7H9F5O2/c1-2-14-5(13)3-4-6(8,9)7(10,11)12/h2-4H2,1H3. The number of carbonyl (C=O) groups excluding carboxylic acids is 1. The molecular weight excluding hydrogens is 211 g/mol. The van der Waals surface area contributed by atoms with E-state index in [0.717, 1.165) is 0 Å². The van der Waals surface area contributed by atoms with Crippen LogP contribution < -0.4 is 0 Å². The first kappa shape index (κ1) is 13.1. The third-order valence-electron chi connectivity index (χ3n) is 1.36. The van der Waals surface area contributed by atoms with Gasteiger partial charge >= 0.3 is 18.1 Å². The van der Waals surface area contributed by atoms with Crippen LogP contribution in [0.5, 0.6) is 0 Å². The van der Waals surface area contributed by atoms with E-state index in [-0.39, 0.29) is 6.61 Å². The highest BCUT2D eigenvalue weighted by molar-refractivity contribution is 5.69. The highest BCUT2D eigenvalue weighted by atomic mass is 19.4. The summed E-state index contributed by atoms with van der Waals surface area (Å²) in [4.78, 5) is 10.5. The normalized spacial score (nSPS) is 12.7. The molecule has 0 unspecified atom stereocenters. The lowest BCUT2D eigenvalue weighted by Crippen LogP contribution is -2.36. The number of esters is 1. The predicted octanol–water partition coefficient (Wildman–Crippen LogP) is 2.53. The largest absolute Gasteiger partial charge is 0.466 e. The Bertz CT molecular complexity index is 199. The van der Waals surface area contributed by atoms with Crippen LogP contribution in [0.2, 0.25) is 0 Å². The van der Waals surface area contributed by atoms with Crippen LogP contribution in [0.4, 0.5) is 22.0 Å². The molecule has 0 bridgehead atoms. The van der Waals surface area contributed by atoms with Gasteiger partial charge in [0.2, 0.25) is 0 Å². The molecule has 0 aromatic carbocycles. The van der Waals surface area contributed by atoms with E-state index in [0.29, 0.717) is 0 Å². The predicted molar refractivity (Wildman–Crippen MR) is 36.9 cm³/mol. The average Bonchev–Trinajstić information content (AvgIpc) is 1.99. The molecule has 2 nitrogen and oxygen atoms in total. The van der Waals surface area contributed by atoms with Crippen molar-refractivity contribution in [2.45, 2.75) is 31.9 Å². The molecule has 0 aliphatic heterocycles. The number of hydrogen-bond donors (Lipinski definition) is 0. The Balaban J connectivity index is 4.06. The molecule has 14 heavy (non-hydrogen) atoms. The summed E-state index contributed by atoms with van der Waals surface area (Å²) in [5.74, 6) is -5.89. The molecule has 0 aromatic heterocycles. The molecule has 0 aliphatic carbocycles. The van der Waals surface area contributed by atoms with Gasteiger partial charge in [-0.3, -0.25) is 4.79 Å². The van der Waals surface area contributed by atoms with Crippen LogP contribution in [0.1, 0.15) is 19.8 Å². The molecule has 84 valence electrons. The first-order valence-electron chi connectivity index (χ1n) is 3.81. The van der Waals surface area contributed by atoms with E-state index in [1.807, 2.05) is 0 Å². The van der Waals surface area contributed by atoms with Crippen LogP contribution in [0.3, 0.4) is 0 Å². The summed E-state index contributed by atoms with van der Waals surface area (Å²) in [6.07, 6.45) is -8.13. The molecule has 0 saturated heterocycles. The van der Waals surface area contributed by atoms with E-state index in [2.05, 4.69) is 4.74 Å². The van der Waals surface area contributed by atoms with Crippen LogP contribution in [0.15, 0.2) is 0 Å². The smallest absolute Gasteiger partial charge is 0.453 e. The molecule has 0 aliphatic rings. The van der Waals surface area contributed by atoms with Crippen molar-refractivity contribution >= 4 is 5.97 Å². The molecule has 7 heteroatoms. The fourth-order valence-electron chi connectivity index (χ4n) is 0.634. The molecule has 0 spiro atoms. The van der Waals surface area contributed by atoms with Gasteiger partial charge in [-0.05, 0) is 6.92 Å². The maximum Gasteiger partial charge on any atom is 0.453 e. The summed E-state index contributed by atoms with van der Waals surface area (Å²) in [5, 5.41) is 0. The number of rotatable bonds is 4. The van der Waals surface area contributed by atoms with Crippen LogP contribution in [-0.2, 0) is 9.53 Å². The van der Waals surface area contributed by atoms with E-state index < -0.39 is 30.9 Å². The number of ether oxygens (including phenoxy) is 1. The number of carbonyl (C=O) groups is 1. The molecule has 0 fully saturated rings. The fraction of sp³-hybridized carbons (Fsp3) is 0.857. The molecule has 0 saturated carbocycles. The minimum absolute atomic E-state index is 0.0452. The minimum atomic E-state index is -5.61. The van der Waals surface area contributed by atoms with Crippen molar-refractivity contribution in [2.75, 3.05) is 6.61 Å². The van der Waals surface area contributed by atoms with Crippen molar-refractivity contribution in [3.63, 3.8) is 0 Å². The van der Waals surface area contributed by atoms with Gasteiger partial charge in [0.05, 0.1) is 13.0 Å². The minimum Gasteiger partial charge on any atom is -0.466 e. The molecule has 0 atom stereocenters. The zero-order chi connectivity index (χ0) is 11.4. The van der Waals surface area contributed by atoms with Gasteiger partial charge in [-0.25, -0.2) is 0 Å². The maximum atomic E-state index is 12.2. The SMILES string of the molecule is CCOC(=O)CCC(F)(F)C(F)(F)F. The van der Waals surface area contributed by atoms with E-state index in [4.69, 9.17) is 0 Å². The van der Waals surface area contributed by atoms with Crippen molar-refractivity contribution in [2.24, 2.45) is 0 Å². The van der Waals surface area contributed by atoms with Crippen LogP contribution in [-0.4, -0.2) is 24.7 Å². The lowest BCUT2D eigenvalue weighted by atomic mass is 10.2. The highest BCUT2D eigenvalue weighted by Gasteiger charge is 2.56. The van der Waals surface area contributed by atoms with Crippen molar-refractivity contribution in [1.82, 2.24) is 0 Å². The van der Waals surface area contributed by atoms with Gasteiger partial charge in [-0.2, -0.15) is 22.0 Å². The number of halogens is 5. The monoisotopic (exact) mass is 220 g/mol. The third kappa shape index (κ3) is 3.89. The van der Waals surface area contributed by atoms with Gasteiger partial charge in [-0.1, -0.05) is 0 Å². The van der Waals surface area contributed by atoms with Crippen molar-refractivity contribution < 1.29 is 31.5 Å². The Morgan fingerprint density at radius 1 is 1.21 bits per heavy atom. The molecular formula is C7H9F5O2. The summed E-state index contributed by atoms with van der Waals surface area (Å²) in [6.45, 7) is 1.39. The average molecular weight is 220 g/mol. The fourth-order valence-corrected chi connectivity index (χ4v) is 0.634. The second-order valence-corrected chi connectivity index (χ2v) is 2.51. The van der Waals surface area contributed by atoms with Crippen molar-refractivity contribution in [3.8, 4) is 0 Å². The topological polar surface area (TPSA) is 26.3 Å². The first-order chi connectivity index (χ1) is 6.20. The summed E-state index contributed by atoms with van der Waals surface area (Å²) in [7, 11) is 0. The molecule has 0 N–H and O–H groups in total. The van der Waals surface area contributed by atoms with Gasteiger partial charge in [0.15, 0.2) is 0 Å². The zero-order valence-electron chi connectivity index (χ0n) is 7.33. The Hall–Kier alpha value is -0.880. The molecule has 0 heterocycles.